The first-order valence-corrected chi connectivity index (χ1v) is 8.82. The van der Waals surface area contributed by atoms with E-state index < -0.39 is 15.8 Å². The lowest BCUT2D eigenvalue weighted by Crippen LogP contribution is -2.16. The number of halogens is 1. The topological polar surface area (TPSA) is 59.1 Å². The number of hydrogen-bond acceptors (Lipinski definition) is 4. The molecule has 0 aliphatic carbocycles. The highest BCUT2D eigenvalue weighted by atomic mass is 32.2. The number of anilines is 1. The highest BCUT2D eigenvalue weighted by Gasteiger charge is 2.22. The Hall–Kier alpha value is -1.47. The number of rotatable bonds is 4. The van der Waals surface area contributed by atoms with Crippen LogP contribution in [0.4, 0.5) is 9.52 Å². The molecule has 0 amide bonds. The summed E-state index contributed by atoms with van der Waals surface area (Å²) in [7, 11) is -3.77. The van der Waals surface area contributed by atoms with Gasteiger partial charge in [0, 0.05) is 5.38 Å². The van der Waals surface area contributed by atoms with Crippen LogP contribution in [-0.4, -0.2) is 13.4 Å². The van der Waals surface area contributed by atoms with E-state index in [0.717, 1.165) is 5.69 Å². The van der Waals surface area contributed by atoms with Crippen molar-refractivity contribution in [1.82, 2.24) is 4.98 Å². The molecule has 0 aliphatic heterocycles. The predicted octanol–water partition coefficient (Wildman–Crippen LogP) is 3.82. The van der Waals surface area contributed by atoms with E-state index in [-0.39, 0.29) is 10.8 Å². The van der Waals surface area contributed by atoms with Crippen molar-refractivity contribution in [2.75, 3.05) is 4.72 Å². The average molecular weight is 328 g/mol. The van der Waals surface area contributed by atoms with E-state index in [9.17, 15) is 12.8 Å². The molecule has 0 spiro atoms. The van der Waals surface area contributed by atoms with Crippen molar-refractivity contribution in [3.63, 3.8) is 0 Å². The van der Waals surface area contributed by atoms with Crippen LogP contribution in [0.3, 0.4) is 0 Å². The standard InChI is InChI=1S/C14H17FN2O2S2/c1-8(2)12-7-20-14(16-12)17-21(18,19)13-9(3)5-11(15)6-10(13)4/h5-8H,1-4H3,(H,16,17). The summed E-state index contributed by atoms with van der Waals surface area (Å²) < 4.78 is 40.7. The molecule has 4 nitrogen and oxygen atoms in total. The number of aromatic nitrogens is 1. The predicted molar refractivity (Wildman–Crippen MR) is 82.9 cm³/mol. The van der Waals surface area contributed by atoms with Crippen LogP contribution in [0.5, 0.6) is 0 Å². The zero-order chi connectivity index (χ0) is 15.8. The van der Waals surface area contributed by atoms with Crippen molar-refractivity contribution in [3.8, 4) is 0 Å². The summed E-state index contributed by atoms with van der Waals surface area (Å²) in [4.78, 5) is 4.35. The number of benzene rings is 1. The highest BCUT2D eigenvalue weighted by molar-refractivity contribution is 7.93. The minimum absolute atomic E-state index is 0.102. The Morgan fingerprint density at radius 1 is 1.24 bits per heavy atom. The van der Waals surface area contributed by atoms with Crippen molar-refractivity contribution >= 4 is 26.5 Å². The molecule has 0 aliphatic rings. The maximum atomic E-state index is 13.3. The van der Waals surface area contributed by atoms with Gasteiger partial charge in [-0.3, -0.25) is 4.72 Å². The summed E-state index contributed by atoms with van der Waals surface area (Å²) >= 11 is 1.24. The van der Waals surface area contributed by atoms with Crippen molar-refractivity contribution in [1.29, 1.82) is 0 Å². The van der Waals surface area contributed by atoms with E-state index in [1.807, 2.05) is 19.2 Å². The molecule has 1 heterocycles. The van der Waals surface area contributed by atoms with Crippen LogP contribution in [0, 0.1) is 19.7 Å². The quantitative estimate of drug-likeness (QED) is 0.928. The molecule has 0 unspecified atom stereocenters. The highest BCUT2D eigenvalue weighted by Crippen LogP contribution is 2.27. The third-order valence-corrected chi connectivity index (χ3v) is 5.58. The molecule has 0 atom stereocenters. The largest absolute Gasteiger partial charge is 0.264 e. The van der Waals surface area contributed by atoms with E-state index in [2.05, 4.69) is 9.71 Å². The Balaban J connectivity index is 2.38. The van der Waals surface area contributed by atoms with Gasteiger partial charge >= 0.3 is 0 Å². The molecular formula is C14H17FN2O2S2. The van der Waals surface area contributed by atoms with E-state index >= 15 is 0 Å². The van der Waals surface area contributed by atoms with Crippen LogP contribution >= 0.6 is 11.3 Å². The van der Waals surface area contributed by atoms with Crippen molar-refractivity contribution in [2.24, 2.45) is 0 Å². The maximum Gasteiger partial charge on any atom is 0.264 e. The Morgan fingerprint density at radius 3 is 2.29 bits per heavy atom. The Kier molecular flexibility index (Phi) is 4.34. The number of thiazole rings is 1. The van der Waals surface area contributed by atoms with Gasteiger partial charge in [0.1, 0.15) is 5.82 Å². The van der Waals surface area contributed by atoms with Crippen LogP contribution in [0.2, 0.25) is 0 Å². The number of nitrogens with one attached hydrogen (secondary N) is 1. The smallest absolute Gasteiger partial charge is 0.255 e. The van der Waals surface area contributed by atoms with Gasteiger partial charge in [-0.2, -0.15) is 0 Å². The van der Waals surface area contributed by atoms with Crippen molar-refractivity contribution < 1.29 is 12.8 Å². The fourth-order valence-corrected chi connectivity index (χ4v) is 4.67. The lowest BCUT2D eigenvalue weighted by molar-refractivity contribution is 0.597. The lowest BCUT2D eigenvalue weighted by atomic mass is 10.1. The Morgan fingerprint density at radius 2 is 1.81 bits per heavy atom. The van der Waals surface area contributed by atoms with E-state index in [1.165, 1.54) is 23.5 Å². The van der Waals surface area contributed by atoms with Crippen LogP contribution in [0.1, 0.15) is 36.6 Å². The number of aryl methyl sites for hydroxylation is 2. The fraction of sp³-hybridized carbons (Fsp3) is 0.357. The van der Waals surface area contributed by atoms with Crippen LogP contribution in [-0.2, 0) is 10.0 Å². The minimum atomic E-state index is -3.77. The molecule has 1 N–H and O–H groups in total. The van der Waals surface area contributed by atoms with Gasteiger partial charge in [0.2, 0.25) is 0 Å². The van der Waals surface area contributed by atoms with Crippen LogP contribution in [0.25, 0.3) is 0 Å². The second-order valence-electron chi connectivity index (χ2n) is 5.21. The zero-order valence-corrected chi connectivity index (χ0v) is 13.9. The maximum absolute atomic E-state index is 13.3. The first-order chi connectivity index (χ1) is 9.70. The van der Waals surface area contributed by atoms with Gasteiger partial charge < -0.3 is 0 Å². The second-order valence-corrected chi connectivity index (χ2v) is 7.68. The van der Waals surface area contributed by atoms with Gasteiger partial charge in [-0.1, -0.05) is 13.8 Å². The molecule has 1 aromatic heterocycles. The summed E-state index contributed by atoms with van der Waals surface area (Å²) in [6, 6.07) is 2.42. The molecule has 2 aromatic rings. The molecule has 21 heavy (non-hydrogen) atoms. The number of hydrogen-bond donors (Lipinski definition) is 1. The van der Waals surface area contributed by atoms with Gasteiger partial charge in [0.05, 0.1) is 10.6 Å². The van der Waals surface area contributed by atoms with Gasteiger partial charge in [0.25, 0.3) is 10.0 Å². The summed E-state index contributed by atoms with van der Waals surface area (Å²) in [5.41, 5.74) is 1.59. The SMILES string of the molecule is Cc1cc(F)cc(C)c1S(=O)(=O)Nc1nc(C(C)C)cs1. The van der Waals surface area contributed by atoms with Crippen LogP contribution < -0.4 is 4.72 Å². The molecule has 7 heteroatoms. The van der Waals surface area contributed by atoms with Crippen molar-refractivity contribution in [2.45, 2.75) is 38.5 Å². The third-order valence-electron chi connectivity index (χ3n) is 3.03. The van der Waals surface area contributed by atoms with Gasteiger partial charge in [-0.05, 0) is 43.0 Å². The third kappa shape index (κ3) is 3.41. The van der Waals surface area contributed by atoms with E-state index in [1.54, 1.807) is 13.8 Å². The van der Waals surface area contributed by atoms with Crippen molar-refractivity contribution in [3.05, 3.63) is 40.2 Å². The second kappa shape index (κ2) is 5.73. The molecule has 1 aromatic carbocycles. The molecule has 0 saturated carbocycles. The summed E-state index contributed by atoms with van der Waals surface area (Å²) in [6.45, 7) is 7.13. The van der Waals surface area contributed by atoms with Gasteiger partial charge in [0.15, 0.2) is 5.13 Å². The molecule has 0 radical (unpaired) electrons. The first kappa shape index (κ1) is 15.9. The molecule has 0 saturated heterocycles. The molecular weight excluding hydrogens is 311 g/mol. The van der Waals surface area contributed by atoms with E-state index in [0.29, 0.717) is 16.3 Å². The van der Waals surface area contributed by atoms with Gasteiger partial charge in [-0.25, -0.2) is 17.8 Å². The minimum Gasteiger partial charge on any atom is -0.255 e. The molecule has 2 rings (SSSR count). The normalized spacial score (nSPS) is 11.9. The van der Waals surface area contributed by atoms with E-state index in [4.69, 9.17) is 0 Å². The first-order valence-electron chi connectivity index (χ1n) is 6.45. The Labute approximate surface area is 128 Å². The zero-order valence-electron chi connectivity index (χ0n) is 12.3. The Bertz CT molecular complexity index is 744. The summed E-state index contributed by atoms with van der Waals surface area (Å²) in [6.07, 6.45) is 0. The fourth-order valence-electron chi connectivity index (χ4n) is 2.09. The number of sulfonamides is 1. The average Bonchev–Trinajstić information content (AvgIpc) is 2.74. The molecule has 114 valence electrons. The van der Waals surface area contributed by atoms with Gasteiger partial charge in [-0.15, -0.1) is 11.3 Å². The molecule has 0 fully saturated rings. The number of nitrogens with zero attached hydrogens (tertiary/aromatic N) is 1. The summed E-state index contributed by atoms with van der Waals surface area (Å²) in [5, 5.41) is 2.15. The lowest BCUT2D eigenvalue weighted by Gasteiger charge is -2.11. The summed E-state index contributed by atoms with van der Waals surface area (Å²) in [5.74, 6) is -0.214. The van der Waals surface area contributed by atoms with Crippen LogP contribution in [0.15, 0.2) is 22.4 Å². The monoisotopic (exact) mass is 328 g/mol. The molecule has 0 bridgehead atoms.